The highest BCUT2D eigenvalue weighted by Crippen LogP contribution is 2.28. The van der Waals surface area contributed by atoms with Crippen LogP contribution in [0.15, 0.2) is 60.7 Å². The van der Waals surface area contributed by atoms with Gasteiger partial charge in [0.15, 0.2) is 0 Å². The molecule has 0 radical (unpaired) electrons. The summed E-state index contributed by atoms with van der Waals surface area (Å²) in [5.74, 6) is 0.432. The minimum Gasteiger partial charge on any atom is -0.376 e. The third-order valence-electron chi connectivity index (χ3n) is 5.93. The van der Waals surface area contributed by atoms with Crippen molar-refractivity contribution in [3.05, 3.63) is 66.2 Å². The molecule has 29 heavy (non-hydrogen) atoms. The van der Waals surface area contributed by atoms with Gasteiger partial charge in [-0.1, -0.05) is 48.5 Å². The first-order valence-electron chi connectivity index (χ1n) is 10.5. The van der Waals surface area contributed by atoms with Crippen molar-refractivity contribution in [3.8, 4) is 0 Å². The number of hydrogen-bond donors (Lipinski definition) is 0. The van der Waals surface area contributed by atoms with Gasteiger partial charge in [0.2, 0.25) is 11.8 Å². The molecule has 5 heteroatoms. The van der Waals surface area contributed by atoms with E-state index in [-0.39, 0.29) is 17.7 Å². The van der Waals surface area contributed by atoms with Crippen LogP contribution in [0.2, 0.25) is 0 Å². The number of hydrogen-bond acceptors (Lipinski definition) is 3. The lowest BCUT2D eigenvalue weighted by Crippen LogP contribution is -2.43. The van der Waals surface area contributed by atoms with Gasteiger partial charge in [-0.3, -0.25) is 9.59 Å². The maximum absolute atomic E-state index is 12.9. The van der Waals surface area contributed by atoms with Crippen LogP contribution in [0.25, 0.3) is 0 Å². The Labute approximate surface area is 172 Å². The van der Waals surface area contributed by atoms with Crippen molar-refractivity contribution < 1.29 is 14.3 Å². The number of benzene rings is 2. The minimum atomic E-state index is -0.228. The molecule has 0 N–H and O–H groups in total. The van der Waals surface area contributed by atoms with Crippen molar-refractivity contribution in [1.29, 1.82) is 0 Å². The Balaban J connectivity index is 1.22. The van der Waals surface area contributed by atoms with Crippen molar-refractivity contribution in [2.75, 3.05) is 31.1 Å². The number of rotatable bonds is 6. The molecule has 0 bridgehead atoms. The first kappa shape index (κ1) is 19.6. The summed E-state index contributed by atoms with van der Waals surface area (Å²) in [5, 5.41) is 0. The lowest BCUT2D eigenvalue weighted by molar-refractivity contribution is -0.137. The lowest BCUT2D eigenvalue weighted by Gasteiger charge is -2.33. The van der Waals surface area contributed by atoms with Gasteiger partial charge in [-0.15, -0.1) is 0 Å². The molecule has 0 aliphatic carbocycles. The third kappa shape index (κ3) is 4.85. The van der Waals surface area contributed by atoms with Crippen molar-refractivity contribution >= 4 is 17.5 Å². The molecule has 0 aromatic heterocycles. The van der Waals surface area contributed by atoms with Crippen LogP contribution in [-0.4, -0.2) is 43.0 Å². The second-order valence-electron chi connectivity index (χ2n) is 8.01. The predicted molar refractivity (Wildman–Crippen MR) is 112 cm³/mol. The van der Waals surface area contributed by atoms with E-state index in [0.717, 1.165) is 38.2 Å². The maximum atomic E-state index is 12.9. The SMILES string of the molecule is O=C(C1CC(=O)N(c2ccccc2)C1)N1CCC(COCc2ccccc2)CC1. The molecule has 4 rings (SSSR count). The van der Waals surface area contributed by atoms with Gasteiger partial charge in [0.05, 0.1) is 12.5 Å². The van der Waals surface area contributed by atoms with Crippen LogP contribution in [-0.2, 0) is 20.9 Å². The van der Waals surface area contributed by atoms with Gasteiger partial charge in [0.1, 0.15) is 0 Å². The van der Waals surface area contributed by atoms with E-state index in [9.17, 15) is 9.59 Å². The van der Waals surface area contributed by atoms with Crippen molar-refractivity contribution in [3.63, 3.8) is 0 Å². The van der Waals surface area contributed by atoms with Crippen LogP contribution in [0.5, 0.6) is 0 Å². The number of likely N-dealkylation sites (tertiary alicyclic amines) is 1. The number of amides is 2. The van der Waals surface area contributed by atoms with E-state index >= 15 is 0 Å². The Morgan fingerprint density at radius 2 is 1.62 bits per heavy atom. The highest BCUT2D eigenvalue weighted by Gasteiger charge is 2.38. The summed E-state index contributed by atoms with van der Waals surface area (Å²) in [7, 11) is 0. The molecule has 2 aliphatic heterocycles. The summed E-state index contributed by atoms with van der Waals surface area (Å²) in [4.78, 5) is 29.0. The van der Waals surface area contributed by atoms with Gasteiger partial charge in [0.25, 0.3) is 0 Å². The van der Waals surface area contributed by atoms with Crippen LogP contribution in [0, 0.1) is 11.8 Å². The van der Waals surface area contributed by atoms with Crippen LogP contribution < -0.4 is 4.90 Å². The highest BCUT2D eigenvalue weighted by atomic mass is 16.5. The van der Waals surface area contributed by atoms with E-state index in [1.807, 2.05) is 53.4 Å². The fourth-order valence-electron chi connectivity index (χ4n) is 4.23. The zero-order valence-electron chi connectivity index (χ0n) is 16.7. The fourth-order valence-corrected chi connectivity index (χ4v) is 4.23. The average molecular weight is 392 g/mol. The van der Waals surface area contributed by atoms with Crippen LogP contribution >= 0.6 is 0 Å². The number of carbonyl (C=O) groups excluding carboxylic acids is 2. The second-order valence-corrected chi connectivity index (χ2v) is 8.01. The van der Waals surface area contributed by atoms with E-state index in [1.165, 1.54) is 5.56 Å². The Morgan fingerprint density at radius 1 is 0.966 bits per heavy atom. The normalized spacial score (nSPS) is 20.3. The fraction of sp³-hybridized carbons (Fsp3) is 0.417. The smallest absolute Gasteiger partial charge is 0.228 e. The number of para-hydroxylation sites is 1. The quantitative estimate of drug-likeness (QED) is 0.756. The molecule has 2 fully saturated rings. The molecule has 1 atom stereocenters. The van der Waals surface area contributed by atoms with Crippen LogP contribution in [0.1, 0.15) is 24.8 Å². The zero-order chi connectivity index (χ0) is 20.1. The predicted octanol–water partition coefficient (Wildman–Crippen LogP) is 3.49. The molecule has 2 heterocycles. The standard InChI is InChI=1S/C24H28N2O3/c27-23-15-21(16-26(23)22-9-5-2-6-10-22)24(28)25-13-11-20(12-14-25)18-29-17-19-7-3-1-4-8-19/h1-10,20-21H,11-18H2. The second kappa shape index (κ2) is 9.23. The molecule has 2 amide bonds. The molecule has 2 aliphatic rings. The van der Waals surface area contributed by atoms with E-state index in [0.29, 0.717) is 25.5 Å². The highest BCUT2D eigenvalue weighted by molar-refractivity contribution is 6.00. The van der Waals surface area contributed by atoms with E-state index in [4.69, 9.17) is 4.74 Å². The Bertz CT molecular complexity index is 817. The molecule has 152 valence electrons. The number of nitrogens with zero attached hydrogens (tertiary/aromatic N) is 2. The summed E-state index contributed by atoms with van der Waals surface area (Å²) in [6, 6.07) is 19.8. The summed E-state index contributed by atoms with van der Waals surface area (Å²) in [6.45, 7) is 3.38. The van der Waals surface area contributed by atoms with E-state index < -0.39 is 0 Å². The molecule has 2 saturated heterocycles. The van der Waals surface area contributed by atoms with E-state index in [1.54, 1.807) is 4.90 Å². The molecule has 2 aromatic carbocycles. The third-order valence-corrected chi connectivity index (χ3v) is 5.93. The summed E-state index contributed by atoms with van der Waals surface area (Å²) >= 11 is 0. The summed E-state index contributed by atoms with van der Waals surface area (Å²) in [5.41, 5.74) is 2.07. The van der Waals surface area contributed by atoms with Crippen LogP contribution in [0.3, 0.4) is 0 Å². The molecular weight excluding hydrogens is 364 g/mol. The molecule has 0 spiro atoms. The van der Waals surface area contributed by atoms with E-state index in [2.05, 4.69) is 12.1 Å². The number of anilines is 1. The first-order chi connectivity index (χ1) is 14.2. The maximum Gasteiger partial charge on any atom is 0.228 e. The Kier molecular flexibility index (Phi) is 6.25. The molecular formula is C24H28N2O3. The van der Waals surface area contributed by atoms with Gasteiger partial charge < -0.3 is 14.5 Å². The van der Waals surface area contributed by atoms with Gasteiger partial charge in [0, 0.05) is 38.3 Å². The zero-order valence-corrected chi connectivity index (χ0v) is 16.7. The van der Waals surface area contributed by atoms with Gasteiger partial charge >= 0.3 is 0 Å². The van der Waals surface area contributed by atoms with Gasteiger partial charge in [-0.2, -0.15) is 0 Å². The monoisotopic (exact) mass is 392 g/mol. The topological polar surface area (TPSA) is 49.9 Å². The minimum absolute atomic E-state index is 0.0405. The molecule has 1 unspecified atom stereocenters. The Morgan fingerprint density at radius 3 is 2.31 bits per heavy atom. The molecule has 2 aromatic rings. The molecule has 0 saturated carbocycles. The molecule has 5 nitrogen and oxygen atoms in total. The van der Waals surface area contributed by atoms with Gasteiger partial charge in [-0.25, -0.2) is 0 Å². The van der Waals surface area contributed by atoms with Crippen molar-refractivity contribution in [2.45, 2.75) is 25.9 Å². The summed E-state index contributed by atoms with van der Waals surface area (Å²) in [6.07, 6.45) is 2.24. The first-order valence-corrected chi connectivity index (χ1v) is 10.5. The largest absolute Gasteiger partial charge is 0.376 e. The van der Waals surface area contributed by atoms with Crippen molar-refractivity contribution in [1.82, 2.24) is 4.90 Å². The number of carbonyl (C=O) groups is 2. The lowest BCUT2D eigenvalue weighted by atomic mass is 9.96. The number of ether oxygens (including phenoxy) is 1. The van der Waals surface area contributed by atoms with Gasteiger partial charge in [-0.05, 0) is 36.5 Å². The number of piperidine rings is 1. The Hall–Kier alpha value is -2.66. The summed E-state index contributed by atoms with van der Waals surface area (Å²) < 4.78 is 5.88. The average Bonchev–Trinajstić information content (AvgIpc) is 3.17. The van der Waals surface area contributed by atoms with Crippen molar-refractivity contribution in [2.24, 2.45) is 11.8 Å². The van der Waals surface area contributed by atoms with Crippen LogP contribution in [0.4, 0.5) is 5.69 Å².